The topological polar surface area (TPSA) is 46.2 Å². The summed E-state index contributed by atoms with van der Waals surface area (Å²) >= 11 is 7.35. The molecule has 0 aliphatic carbocycles. The van der Waals surface area contributed by atoms with Crippen molar-refractivity contribution in [3.63, 3.8) is 0 Å². The zero-order valence-corrected chi connectivity index (χ0v) is 20.7. The molecule has 0 rings (SSSR count). The highest BCUT2D eigenvalue weighted by Gasteiger charge is 2.17. The SMILES string of the molecule is CCCCCCCCCCCCCCCCCCSC[C@H](NC(C)=O)C(=O)CCl. The van der Waals surface area contributed by atoms with Crippen molar-refractivity contribution in [1.29, 1.82) is 0 Å². The third-order valence-electron chi connectivity index (χ3n) is 5.32. The summed E-state index contributed by atoms with van der Waals surface area (Å²) in [5, 5.41) is 2.69. The van der Waals surface area contributed by atoms with E-state index in [9.17, 15) is 9.59 Å². The van der Waals surface area contributed by atoms with Gasteiger partial charge in [-0.15, -0.1) is 11.6 Å². The summed E-state index contributed by atoms with van der Waals surface area (Å²) in [5.74, 6) is 1.37. The number of nitrogens with one attached hydrogen (secondary N) is 1. The molecule has 1 N–H and O–H groups in total. The van der Waals surface area contributed by atoms with E-state index >= 15 is 0 Å². The molecule has 0 saturated heterocycles. The molecule has 0 radical (unpaired) electrons. The first-order valence-corrected chi connectivity index (χ1v) is 13.7. The average molecular weight is 448 g/mol. The van der Waals surface area contributed by atoms with Crippen LogP contribution in [0.3, 0.4) is 0 Å². The lowest BCUT2D eigenvalue weighted by Gasteiger charge is -2.15. The Balaban J connectivity index is 3.31. The van der Waals surface area contributed by atoms with Crippen LogP contribution < -0.4 is 5.32 Å². The Morgan fingerprint density at radius 1 is 0.759 bits per heavy atom. The van der Waals surface area contributed by atoms with Gasteiger partial charge in [0.1, 0.15) is 0 Å². The molecule has 0 heterocycles. The Morgan fingerprint density at radius 3 is 1.55 bits per heavy atom. The van der Waals surface area contributed by atoms with E-state index in [1.54, 1.807) is 11.8 Å². The molecule has 1 atom stereocenters. The smallest absolute Gasteiger partial charge is 0.217 e. The summed E-state index contributed by atoms with van der Waals surface area (Å²) in [6.45, 7) is 3.72. The summed E-state index contributed by atoms with van der Waals surface area (Å²) in [6, 6.07) is -0.434. The maximum absolute atomic E-state index is 11.7. The first kappa shape index (κ1) is 28.8. The van der Waals surface area contributed by atoms with Crippen LogP contribution in [-0.4, -0.2) is 35.1 Å². The molecular formula is C24H46ClNO2S. The molecule has 0 saturated carbocycles. The summed E-state index contributed by atoms with van der Waals surface area (Å²) in [6.07, 6.45) is 22.1. The zero-order valence-electron chi connectivity index (χ0n) is 19.1. The molecule has 172 valence electrons. The number of carbonyl (C=O) groups excluding carboxylic acids is 2. The molecule has 0 aliphatic rings. The van der Waals surface area contributed by atoms with Crippen LogP contribution in [0.2, 0.25) is 0 Å². The molecule has 0 aromatic carbocycles. The molecule has 3 nitrogen and oxygen atoms in total. The molecule has 0 spiro atoms. The molecule has 5 heteroatoms. The Labute approximate surface area is 189 Å². The molecule has 0 fully saturated rings. The summed E-state index contributed by atoms with van der Waals surface area (Å²) < 4.78 is 0. The molecule has 0 aromatic rings. The third kappa shape index (κ3) is 20.8. The summed E-state index contributed by atoms with van der Waals surface area (Å²) in [7, 11) is 0. The quantitative estimate of drug-likeness (QED) is 0.140. The van der Waals surface area contributed by atoms with Crippen molar-refractivity contribution in [2.24, 2.45) is 0 Å². The van der Waals surface area contributed by atoms with Gasteiger partial charge in [-0.3, -0.25) is 9.59 Å². The van der Waals surface area contributed by atoms with Crippen LogP contribution in [-0.2, 0) is 9.59 Å². The predicted molar refractivity (Wildman–Crippen MR) is 130 cm³/mol. The van der Waals surface area contributed by atoms with Gasteiger partial charge in [-0.1, -0.05) is 103 Å². The fraction of sp³-hybridized carbons (Fsp3) is 0.917. The van der Waals surface area contributed by atoms with Gasteiger partial charge in [0, 0.05) is 12.7 Å². The summed E-state index contributed by atoms with van der Waals surface area (Å²) in [4.78, 5) is 22.9. The van der Waals surface area contributed by atoms with Gasteiger partial charge in [-0.2, -0.15) is 11.8 Å². The van der Waals surface area contributed by atoms with Crippen molar-refractivity contribution >= 4 is 35.1 Å². The van der Waals surface area contributed by atoms with Crippen LogP contribution >= 0.6 is 23.4 Å². The number of carbonyl (C=O) groups is 2. The molecule has 1 amide bonds. The number of Topliss-reactive ketones (excluding diaryl/α,β-unsaturated/α-hetero) is 1. The van der Waals surface area contributed by atoms with Crippen LogP contribution in [0.15, 0.2) is 0 Å². The van der Waals surface area contributed by atoms with Crippen molar-refractivity contribution in [3.8, 4) is 0 Å². The highest BCUT2D eigenvalue weighted by Crippen LogP contribution is 2.15. The van der Waals surface area contributed by atoms with Crippen molar-refractivity contribution in [2.45, 2.75) is 123 Å². The van der Waals surface area contributed by atoms with Gasteiger partial charge in [0.15, 0.2) is 5.78 Å². The van der Waals surface area contributed by atoms with Gasteiger partial charge in [0.25, 0.3) is 0 Å². The number of hydrogen-bond donors (Lipinski definition) is 1. The minimum absolute atomic E-state index is 0.0371. The van der Waals surface area contributed by atoms with Crippen molar-refractivity contribution in [2.75, 3.05) is 17.4 Å². The lowest BCUT2D eigenvalue weighted by molar-refractivity contribution is -0.124. The maximum atomic E-state index is 11.7. The first-order chi connectivity index (χ1) is 14.1. The van der Waals surface area contributed by atoms with Gasteiger partial charge in [0.05, 0.1) is 11.9 Å². The molecule has 0 bridgehead atoms. The minimum Gasteiger partial charge on any atom is -0.346 e. The fourth-order valence-electron chi connectivity index (χ4n) is 3.51. The number of alkyl halides is 1. The second-order valence-corrected chi connectivity index (χ2v) is 9.65. The number of halogens is 1. The van der Waals surface area contributed by atoms with E-state index in [0.717, 1.165) is 5.75 Å². The molecule has 29 heavy (non-hydrogen) atoms. The monoisotopic (exact) mass is 447 g/mol. The van der Waals surface area contributed by atoms with Gasteiger partial charge in [0.2, 0.25) is 5.91 Å². The highest BCUT2D eigenvalue weighted by molar-refractivity contribution is 7.99. The number of ketones is 1. The average Bonchev–Trinajstić information content (AvgIpc) is 2.71. The highest BCUT2D eigenvalue weighted by atomic mass is 35.5. The van der Waals surface area contributed by atoms with Crippen molar-refractivity contribution < 1.29 is 9.59 Å². The van der Waals surface area contributed by atoms with Gasteiger partial charge in [-0.05, 0) is 12.2 Å². The molecule has 0 unspecified atom stereocenters. The van der Waals surface area contributed by atoms with E-state index in [4.69, 9.17) is 11.6 Å². The largest absolute Gasteiger partial charge is 0.346 e. The maximum Gasteiger partial charge on any atom is 0.217 e. The second kappa shape index (κ2) is 22.5. The minimum atomic E-state index is -0.434. The second-order valence-electron chi connectivity index (χ2n) is 8.23. The van der Waals surface area contributed by atoms with Crippen LogP contribution in [0.25, 0.3) is 0 Å². The van der Waals surface area contributed by atoms with Crippen LogP contribution in [0.5, 0.6) is 0 Å². The van der Waals surface area contributed by atoms with Crippen LogP contribution in [0.4, 0.5) is 0 Å². The van der Waals surface area contributed by atoms with E-state index in [-0.39, 0.29) is 17.6 Å². The number of rotatable bonds is 22. The Bertz CT molecular complexity index is 393. The predicted octanol–water partition coefficient (Wildman–Crippen LogP) is 7.29. The third-order valence-corrected chi connectivity index (χ3v) is 6.73. The van der Waals surface area contributed by atoms with E-state index in [1.165, 1.54) is 110 Å². The lowest BCUT2D eigenvalue weighted by atomic mass is 10.0. The number of thioether (sulfide) groups is 1. The molecular weight excluding hydrogens is 402 g/mol. The molecule has 0 aromatic heterocycles. The number of hydrogen-bond acceptors (Lipinski definition) is 3. The van der Waals surface area contributed by atoms with Gasteiger partial charge in [-0.25, -0.2) is 0 Å². The lowest BCUT2D eigenvalue weighted by Crippen LogP contribution is -2.42. The van der Waals surface area contributed by atoms with E-state index in [2.05, 4.69) is 12.2 Å². The van der Waals surface area contributed by atoms with Crippen LogP contribution in [0.1, 0.15) is 117 Å². The zero-order chi connectivity index (χ0) is 21.6. The fourth-order valence-corrected chi connectivity index (χ4v) is 4.77. The first-order valence-electron chi connectivity index (χ1n) is 12.0. The molecule has 0 aliphatic heterocycles. The van der Waals surface area contributed by atoms with E-state index < -0.39 is 6.04 Å². The van der Waals surface area contributed by atoms with E-state index in [0.29, 0.717) is 5.75 Å². The van der Waals surface area contributed by atoms with Crippen molar-refractivity contribution in [1.82, 2.24) is 5.32 Å². The van der Waals surface area contributed by atoms with Crippen LogP contribution in [0, 0.1) is 0 Å². The Kier molecular flexibility index (Phi) is 22.3. The van der Waals surface area contributed by atoms with E-state index in [1.807, 2.05) is 0 Å². The van der Waals surface area contributed by atoms with Gasteiger partial charge >= 0.3 is 0 Å². The Morgan fingerprint density at radius 2 is 1.17 bits per heavy atom. The normalized spacial score (nSPS) is 12.1. The van der Waals surface area contributed by atoms with Gasteiger partial charge < -0.3 is 5.32 Å². The standard InChI is InChI=1S/C24H46ClNO2S/c1-3-4-5-6-7-8-9-10-11-12-13-14-15-16-17-18-19-29-21-23(24(28)20-25)26-22(2)27/h23H,3-21H2,1-2H3,(H,26,27)/t23-/m0/s1. The van der Waals surface area contributed by atoms with Crippen molar-refractivity contribution in [3.05, 3.63) is 0 Å². The number of unbranched alkanes of at least 4 members (excludes halogenated alkanes) is 15. The Hall–Kier alpha value is -0.220. The number of amides is 1. The summed E-state index contributed by atoms with van der Waals surface area (Å²) in [5.41, 5.74) is 0.